The van der Waals surface area contributed by atoms with Crippen molar-refractivity contribution in [3.63, 3.8) is 0 Å². The molecule has 0 spiro atoms. The fraction of sp³-hybridized carbons (Fsp3) is 0.125. The van der Waals surface area contributed by atoms with Crippen molar-refractivity contribution in [2.24, 2.45) is 0 Å². The summed E-state index contributed by atoms with van der Waals surface area (Å²) < 4.78 is 28.5. The number of rotatable bonds is 3. The van der Waals surface area contributed by atoms with Crippen LogP contribution in [0.25, 0.3) is 0 Å². The molecule has 1 aromatic rings. The summed E-state index contributed by atoms with van der Waals surface area (Å²) in [7, 11) is 0. The van der Waals surface area contributed by atoms with E-state index in [1.54, 1.807) is 0 Å². The third-order valence-electron chi connectivity index (χ3n) is 1.65. The Balaban J connectivity index is 3.01. The van der Waals surface area contributed by atoms with Gasteiger partial charge in [0.25, 0.3) is 0 Å². The maximum absolute atomic E-state index is 11.1. The van der Waals surface area contributed by atoms with Crippen LogP contribution in [-0.2, 0) is 3.74 Å². The molecule has 0 aliphatic carbocycles. The summed E-state index contributed by atoms with van der Waals surface area (Å²) in [6.45, 7) is 0. The van der Waals surface area contributed by atoms with Crippen LogP contribution in [0.4, 0.5) is 0 Å². The van der Waals surface area contributed by atoms with Gasteiger partial charge in [-0.05, 0) is 0 Å². The van der Waals surface area contributed by atoms with Crippen LogP contribution >= 0.6 is 15.9 Å². The van der Waals surface area contributed by atoms with E-state index in [1.165, 1.54) is 24.3 Å². The number of carbonyl (C=O) groups is 1. The van der Waals surface area contributed by atoms with Crippen molar-refractivity contribution in [2.45, 2.75) is 0 Å². The third kappa shape index (κ3) is 2.82. The maximum atomic E-state index is 11.1. The van der Waals surface area contributed by atoms with Crippen LogP contribution in [0.15, 0.2) is 24.3 Å². The normalized spacial score (nSPS) is 11.4. The molecule has 14 heavy (non-hydrogen) atoms. The molecule has 76 valence electrons. The predicted molar refractivity (Wildman–Crippen MR) is 55.1 cm³/mol. The van der Waals surface area contributed by atoms with Crippen LogP contribution < -0.4 is 4.35 Å². The van der Waals surface area contributed by atoms with Crippen molar-refractivity contribution < 1.29 is 16.7 Å². The molecule has 0 amide bonds. The quantitative estimate of drug-likeness (QED) is 0.460. The van der Waals surface area contributed by atoms with Crippen molar-refractivity contribution in [1.29, 1.82) is 0 Å². The molecule has 0 saturated heterocycles. The van der Waals surface area contributed by atoms with Crippen molar-refractivity contribution in [3.05, 3.63) is 29.8 Å². The van der Waals surface area contributed by atoms with Gasteiger partial charge in [0.15, 0.2) is 0 Å². The zero-order valence-corrected chi connectivity index (χ0v) is 10.5. The molecule has 2 N–H and O–H groups in total. The first-order chi connectivity index (χ1) is 6.45. The second kappa shape index (κ2) is 4.45. The topological polar surface area (TPSA) is 74.6 Å². The standard InChI is InChI=1S/C8H8AsBrO4/c10-5-8(11)6-1-3-7(4-2-6)9(12,13)14/h1-4H,5H2,(H2,12,13,14). The van der Waals surface area contributed by atoms with Gasteiger partial charge in [-0.15, -0.1) is 0 Å². The van der Waals surface area contributed by atoms with Gasteiger partial charge in [-0.25, -0.2) is 0 Å². The average molecular weight is 323 g/mol. The number of hydrogen-bond donors (Lipinski definition) is 2. The molecular weight excluding hydrogens is 315 g/mol. The van der Waals surface area contributed by atoms with E-state index in [0.717, 1.165) is 0 Å². The van der Waals surface area contributed by atoms with Gasteiger partial charge in [-0.2, -0.15) is 0 Å². The molecule has 0 aliphatic rings. The average Bonchev–Trinajstić information content (AvgIpc) is 2.15. The number of Topliss-reactive ketones (excluding diaryl/α,β-unsaturated/α-hetero) is 1. The Hall–Kier alpha value is -0.352. The van der Waals surface area contributed by atoms with Crippen molar-refractivity contribution in [2.75, 3.05) is 5.33 Å². The van der Waals surface area contributed by atoms with Crippen LogP contribution in [0.2, 0.25) is 0 Å². The van der Waals surface area contributed by atoms with Crippen molar-refractivity contribution in [1.82, 2.24) is 0 Å². The van der Waals surface area contributed by atoms with Gasteiger partial charge in [-0.3, -0.25) is 0 Å². The molecule has 0 radical (unpaired) electrons. The molecule has 0 saturated carbocycles. The summed E-state index contributed by atoms with van der Waals surface area (Å²) in [5.74, 6) is -0.116. The molecule has 0 aliphatic heterocycles. The summed E-state index contributed by atoms with van der Waals surface area (Å²) in [6, 6.07) is 5.41. The Morgan fingerprint density at radius 1 is 1.29 bits per heavy atom. The van der Waals surface area contributed by atoms with E-state index in [1.807, 2.05) is 0 Å². The minimum absolute atomic E-state index is 0.0192. The predicted octanol–water partition coefficient (Wildman–Crippen LogP) is -0.175. The Morgan fingerprint density at radius 3 is 2.14 bits per heavy atom. The fourth-order valence-corrected chi connectivity index (χ4v) is 2.37. The number of ketones is 1. The molecule has 0 unspecified atom stereocenters. The number of benzene rings is 1. The molecule has 0 fully saturated rings. The van der Waals surface area contributed by atoms with Crippen LogP contribution in [0.5, 0.6) is 0 Å². The molecule has 0 aromatic heterocycles. The van der Waals surface area contributed by atoms with Crippen LogP contribution in [0.1, 0.15) is 10.4 Å². The van der Waals surface area contributed by atoms with Gasteiger partial charge in [0.2, 0.25) is 0 Å². The van der Waals surface area contributed by atoms with Gasteiger partial charge < -0.3 is 0 Å². The molecule has 0 bridgehead atoms. The number of alkyl halides is 1. The molecule has 1 rings (SSSR count). The van der Waals surface area contributed by atoms with Gasteiger partial charge in [0, 0.05) is 0 Å². The van der Waals surface area contributed by atoms with E-state index in [0.29, 0.717) is 5.56 Å². The van der Waals surface area contributed by atoms with E-state index in [9.17, 15) is 8.53 Å². The van der Waals surface area contributed by atoms with Crippen LogP contribution in [0.3, 0.4) is 0 Å². The zero-order valence-electron chi connectivity index (χ0n) is 7.05. The summed E-state index contributed by atoms with van der Waals surface area (Å²) in [6.07, 6.45) is 0. The monoisotopic (exact) mass is 322 g/mol. The van der Waals surface area contributed by atoms with Crippen molar-refractivity contribution >= 4 is 40.2 Å². The molecule has 0 atom stereocenters. The number of hydrogen-bond acceptors (Lipinski definition) is 2. The van der Waals surface area contributed by atoms with E-state index < -0.39 is 14.2 Å². The summed E-state index contributed by atoms with van der Waals surface area (Å²) in [4.78, 5) is 11.1. The Bertz CT molecular complexity index is 381. The molecule has 4 nitrogen and oxygen atoms in total. The first kappa shape index (κ1) is 11.7. The summed E-state index contributed by atoms with van der Waals surface area (Å²) in [5.41, 5.74) is 0.439. The molecule has 6 heteroatoms. The third-order valence-corrected chi connectivity index (χ3v) is 4.19. The first-order valence-electron chi connectivity index (χ1n) is 3.70. The molecule has 1 aromatic carbocycles. The van der Waals surface area contributed by atoms with Gasteiger partial charge in [0.1, 0.15) is 0 Å². The second-order valence-electron chi connectivity index (χ2n) is 2.65. The van der Waals surface area contributed by atoms with Crippen molar-refractivity contribution in [3.8, 4) is 0 Å². The number of carbonyl (C=O) groups excluding carboxylic acids is 1. The van der Waals surface area contributed by atoms with E-state index >= 15 is 0 Å². The van der Waals surface area contributed by atoms with Crippen LogP contribution in [-0.4, -0.2) is 33.5 Å². The van der Waals surface area contributed by atoms with Gasteiger partial charge in [-0.1, -0.05) is 0 Å². The Morgan fingerprint density at radius 2 is 1.79 bits per heavy atom. The summed E-state index contributed by atoms with van der Waals surface area (Å²) >= 11 is -1.79. The Labute approximate surface area is 92.1 Å². The SMILES string of the molecule is O=C(CBr)c1ccc([As](=O)(O)O)cc1. The van der Waals surface area contributed by atoms with Crippen LogP contribution in [0, 0.1) is 0 Å². The zero-order chi connectivity index (χ0) is 10.8. The fourth-order valence-electron chi connectivity index (χ4n) is 0.919. The van der Waals surface area contributed by atoms with E-state index in [4.69, 9.17) is 8.19 Å². The van der Waals surface area contributed by atoms with Gasteiger partial charge in [0.05, 0.1) is 0 Å². The Kier molecular flexibility index (Phi) is 3.72. The first-order valence-corrected chi connectivity index (χ1v) is 8.21. The second-order valence-corrected chi connectivity index (χ2v) is 6.57. The molecular formula is C8H8AsBrO4. The minimum atomic E-state index is -4.80. The van der Waals surface area contributed by atoms with E-state index in [2.05, 4.69) is 15.9 Å². The number of halogens is 1. The summed E-state index contributed by atoms with van der Waals surface area (Å²) in [5, 5.41) is 0.202. The van der Waals surface area contributed by atoms with Gasteiger partial charge >= 0.3 is 92.1 Å². The molecule has 0 heterocycles. The van der Waals surface area contributed by atoms with E-state index in [-0.39, 0.29) is 15.5 Å².